The molecule has 108 valence electrons. The highest BCUT2D eigenvalue weighted by molar-refractivity contribution is 5.92. The molecule has 0 fully saturated rings. The number of allylic oxidation sites excluding steroid dienone is 1. The van der Waals surface area contributed by atoms with Crippen molar-refractivity contribution in [2.75, 3.05) is 7.11 Å². The first-order valence-electron chi connectivity index (χ1n) is 5.59. The zero-order valence-corrected chi connectivity index (χ0v) is 10.6. The molecule has 1 aromatic rings. The van der Waals surface area contributed by atoms with Crippen molar-refractivity contribution >= 4 is 12.1 Å². The van der Waals surface area contributed by atoms with Crippen molar-refractivity contribution < 1.29 is 27.8 Å². The molecule has 7 heteroatoms. The molecule has 20 heavy (non-hydrogen) atoms. The van der Waals surface area contributed by atoms with Gasteiger partial charge < -0.3 is 9.47 Å². The van der Waals surface area contributed by atoms with E-state index in [9.17, 15) is 18.4 Å². The summed E-state index contributed by atoms with van der Waals surface area (Å²) in [4.78, 5) is 22.6. The lowest BCUT2D eigenvalue weighted by atomic mass is 10.2. The number of carbonyl (C=O) groups excluding carboxylic acids is 2. The molecule has 0 saturated carbocycles. The molecule has 1 amide bonds. The van der Waals surface area contributed by atoms with E-state index in [2.05, 4.69) is 4.74 Å². The minimum absolute atomic E-state index is 0.0458. The average molecular weight is 285 g/mol. The number of esters is 1. The Hall–Kier alpha value is -2.44. The standard InChI is InChI=1S/C13H13F2NO4/c1-19-12(17)10(7-11(14)15)16-13(18)20-8-9-5-3-2-4-6-9/h2-7,11H,8H2,1H3,(H,16,18)/b10-7+. The van der Waals surface area contributed by atoms with Crippen LogP contribution in [0.5, 0.6) is 0 Å². The van der Waals surface area contributed by atoms with Crippen LogP contribution in [0.3, 0.4) is 0 Å². The van der Waals surface area contributed by atoms with Crippen LogP contribution < -0.4 is 5.32 Å². The molecule has 0 aromatic heterocycles. The molecular weight excluding hydrogens is 272 g/mol. The van der Waals surface area contributed by atoms with Crippen LogP contribution in [0.4, 0.5) is 13.6 Å². The molecule has 0 saturated heterocycles. The topological polar surface area (TPSA) is 64.6 Å². The van der Waals surface area contributed by atoms with Crippen molar-refractivity contribution in [2.45, 2.75) is 13.0 Å². The number of nitrogens with one attached hydrogen (secondary N) is 1. The summed E-state index contributed by atoms with van der Waals surface area (Å²) in [6.07, 6.45) is -3.65. The minimum Gasteiger partial charge on any atom is -0.464 e. The van der Waals surface area contributed by atoms with E-state index in [4.69, 9.17) is 4.74 Å². The summed E-state index contributed by atoms with van der Waals surface area (Å²) in [5, 5.41) is 1.91. The fourth-order valence-corrected chi connectivity index (χ4v) is 1.27. The molecule has 1 aromatic carbocycles. The second-order valence-corrected chi connectivity index (χ2v) is 3.59. The molecule has 0 unspecified atom stereocenters. The van der Waals surface area contributed by atoms with E-state index >= 15 is 0 Å². The number of hydrogen-bond acceptors (Lipinski definition) is 4. The van der Waals surface area contributed by atoms with Gasteiger partial charge in [-0.1, -0.05) is 30.3 Å². The van der Waals surface area contributed by atoms with Gasteiger partial charge in [0.1, 0.15) is 12.3 Å². The van der Waals surface area contributed by atoms with Crippen LogP contribution in [0.2, 0.25) is 0 Å². The summed E-state index contributed by atoms with van der Waals surface area (Å²) < 4.78 is 33.5. The molecule has 0 spiro atoms. The van der Waals surface area contributed by atoms with E-state index in [0.717, 1.165) is 12.7 Å². The second kappa shape index (κ2) is 7.88. The smallest absolute Gasteiger partial charge is 0.412 e. The largest absolute Gasteiger partial charge is 0.464 e. The zero-order valence-electron chi connectivity index (χ0n) is 10.6. The Kier molecular flexibility index (Phi) is 6.15. The van der Waals surface area contributed by atoms with Gasteiger partial charge in [-0.3, -0.25) is 5.32 Å². The van der Waals surface area contributed by atoms with Gasteiger partial charge >= 0.3 is 12.1 Å². The summed E-state index contributed by atoms with van der Waals surface area (Å²) >= 11 is 0. The van der Waals surface area contributed by atoms with Crippen LogP contribution in [-0.4, -0.2) is 25.6 Å². The molecule has 0 aliphatic heterocycles. The van der Waals surface area contributed by atoms with Crippen molar-refractivity contribution in [3.63, 3.8) is 0 Å². The van der Waals surface area contributed by atoms with Gasteiger partial charge in [-0.2, -0.15) is 0 Å². The first kappa shape index (κ1) is 15.6. The number of hydrogen-bond donors (Lipinski definition) is 1. The number of rotatable bonds is 5. The maximum absolute atomic E-state index is 12.2. The molecule has 0 aliphatic carbocycles. The van der Waals surface area contributed by atoms with E-state index in [1.807, 2.05) is 5.32 Å². The number of amides is 1. The van der Waals surface area contributed by atoms with Crippen LogP contribution in [0.15, 0.2) is 42.1 Å². The number of benzene rings is 1. The van der Waals surface area contributed by atoms with Gasteiger partial charge in [0.05, 0.1) is 7.11 Å². The van der Waals surface area contributed by atoms with Gasteiger partial charge in [0, 0.05) is 6.08 Å². The Morgan fingerprint density at radius 2 is 1.95 bits per heavy atom. The first-order chi connectivity index (χ1) is 9.52. The number of alkyl carbamates (subject to hydrolysis) is 1. The lowest BCUT2D eigenvalue weighted by molar-refractivity contribution is -0.136. The molecule has 1 N–H and O–H groups in total. The summed E-state index contributed by atoms with van der Waals surface area (Å²) in [5.74, 6) is -1.08. The Balaban J connectivity index is 2.56. The van der Waals surface area contributed by atoms with Gasteiger partial charge in [0.15, 0.2) is 0 Å². The fraction of sp³-hybridized carbons (Fsp3) is 0.231. The van der Waals surface area contributed by atoms with E-state index in [1.165, 1.54) is 0 Å². The van der Waals surface area contributed by atoms with Crippen molar-refractivity contribution in [2.24, 2.45) is 0 Å². The van der Waals surface area contributed by atoms with Crippen molar-refractivity contribution in [3.8, 4) is 0 Å². The van der Waals surface area contributed by atoms with E-state index in [0.29, 0.717) is 0 Å². The van der Waals surface area contributed by atoms with Gasteiger partial charge in [-0.05, 0) is 5.56 Å². The average Bonchev–Trinajstić information content (AvgIpc) is 2.44. The van der Waals surface area contributed by atoms with Gasteiger partial charge in [0.25, 0.3) is 6.43 Å². The Labute approximate surface area is 114 Å². The molecule has 0 radical (unpaired) electrons. The highest BCUT2D eigenvalue weighted by atomic mass is 19.3. The third-order valence-corrected chi connectivity index (χ3v) is 2.15. The lowest BCUT2D eigenvalue weighted by Gasteiger charge is -2.09. The van der Waals surface area contributed by atoms with Crippen LogP contribution >= 0.6 is 0 Å². The fourth-order valence-electron chi connectivity index (χ4n) is 1.27. The van der Waals surface area contributed by atoms with Crippen LogP contribution in [0, 0.1) is 0 Å². The molecule has 0 aliphatic rings. The van der Waals surface area contributed by atoms with E-state index in [1.54, 1.807) is 30.3 Å². The monoisotopic (exact) mass is 285 g/mol. The highest BCUT2D eigenvalue weighted by Crippen LogP contribution is 2.04. The first-order valence-corrected chi connectivity index (χ1v) is 5.59. The quantitative estimate of drug-likeness (QED) is 0.665. The third kappa shape index (κ3) is 5.47. The third-order valence-electron chi connectivity index (χ3n) is 2.15. The van der Waals surface area contributed by atoms with Gasteiger partial charge in [0.2, 0.25) is 0 Å². The molecular formula is C13H13F2NO4. The van der Waals surface area contributed by atoms with Gasteiger partial charge in [-0.15, -0.1) is 0 Å². The predicted molar refractivity (Wildman–Crippen MR) is 65.9 cm³/mol. The number of alkyl halides is 2. The summed E-state index contributed by atoms with van der Waals surface area (Å²) in [6.45, 7) is -0.0458. The summed E-state index contributed by atoms with van der Waals surface area (Å²) in [6, 6.07) is 8.76. The second-order valence-electron chi connectivity index (χ2n) is 3.59. The number of carbonyl (C=O) groups is 2. The normalized spacial score (nSPS) is 11.1. The molecule has 0 atom stereocenters. The Morgan fingerprint density at radius 1 is 1.30 bits per heavy atom. The van der Waals surface area contributed by atoms with Gasteiger partial charge in [-0.25, -0.2) is 18.4 Å². The van der Waals surface area contributed by atoms with Crippen LogP contribution in [0.1, 0.15) is 5.56 Å². The van der Waals surface area contributed by atoms with Crippen LogP contribution in [-0.2, 0) is 20.9 Å². The number of halogens is 2. The molecule has 0 heterocycles. The van der Waals surface area contributed by atoms with E-state index in [-0.39, 0.29) is 12.7 Å². The van der Waals surface area contributed by atoms with Crippen molar-refractivity contribution in [1.29, 1.82) is 0 Å². The summed E-state index contributed by atoms with van der Waals surface area (Å²) in [7, 11) is 1.01. The number of methoxy groups -OCH3 is 1. The maximum atomic E-state index is 12.2. The lowest BCUT2D eigenvalue weighted by Crippen LogP contribution is -2.29. The summed E-state index contributed by atoms with van der Waals surface area (Å²) in [5.41, 5.74) is 0.0562. The highest BCUT2D eigenvalue weighted by Gasteiger charge is 2.16. The predicted octanol–water partition coefficient (Wildman–Crippen LogP) is 2.23. The Morgan fingerprint density at radius 3 is 2.50 bits per heavy atom. The number of ether oxygens (including phenoxy) is 2. The van der Waals surface area contributed by atoms with E-state index < -0.39 is 24.2 Å². The maximum Gasteiger partial charge on any atom is 0.412 e. The molecule has 1 rings (SSSR count). The zero-order chi connectivity index (χ0) is 15.0. The Bertz CT molecular complexity index is 488. The van der Waals surface area contributed by atoms with Crippen LogP contribution in [0.25, 0.3) is 0 Å². The van der Waals surface area contributed by atoms with Crippen molar-refractivity contribution in [1.82, 2.24) is 5.32 Å². The minimum atomic E-state index is -2.90. The molecule has 5 nitrogen and oxygen atoms in total. The molecule has 0 bridgehead atoms. The van der Waals surface area contributed by atoms with Crippen molar-refractivity contribution in [3.05, 3.63) is 47.7 Å². The SMILES string of the molecule is COC(=O)/C(=C\C(F)F)NC(=O)OCc1ccccc1.